The van der Waals surface area contributed by atoms with Crippen molar-refractivity contribution in [3.05, 3.63) is 46.0 Å². The quantitative estimate of drug-likeness (QED) is 0.445. The van der Waals surface area contributed by atoms with Gasteiger partial charge in [0.2, 0.25) is 5.82 Å². The van der Waals surface area contributed by atoms with E-state index in [2.05, 4.69) is 20.5 Å². The molecule has 1 fully saturated rings. The van der Waals surface area contributed by atoms with Gasteiger partial charge in [0.25, 0.3) is 5.56 Å². The number of aromatic nitrogens is 5. The number of aromatic amines is 1. The first-order valence-electron chi connectivity index (χ1n) is 11.2. The van der Waals surface area contributed by atoms with E-state index >= 15 is 0 Å². The first-order valence-corrected chi connectivity index (χ1v) is 11.2. The molecule has 4 rings (SSSR count). The van der Waals surface area contributed by atoms with Crippen LogP contribution < -0.4 is 15.2 Å². The fourth-order valence-electron chi connectivity index (χ4n) is 4.44. The monoisotopic (exact) mass is 427 g/mol. The zero-order valence-electron chi connectivity index (χ0n) is 18.0. The Morgan fingerprint density at radius 2 is 2.10 bits per heavy atom. The second kappa shape index (κ2) is 10.0. The van der Waals surface area contributed by atoms with E-state index in [1.807, 2.05) is 35.9 Å². The molecule has 1 unspecified atom stereocenters. The van der Waals surface area contributed by atoms with Crippen molar-refractivity contribution >= 4 is 10.9 Å². The minimum atomic E-state index is -0.0893. The molecule has 1 atom stereocenters. The van der Waals surface area contributed by atoms with Crippen LogP contribution in [0.25, 0.3) is 10.9 Å². The van der Waals surface area contributed by atoms with Gasteiger partial charge in [-0.1, -0.05) is 12.8 Å². The van der Waals surface area contributed by atoms with Crippen molar-refractivity contribution in [1.29, 1.82) is 0 Å². The number of quaternary nitrogens is 1. The summed E-state index contributed by atoms with van der Waals surface area (Å²) in [6.07, 6.45) is 5.29. The smallest absolute Gasteiger partial charge is 0.257 e. The van der Waals surface area contributed by atoms with Crippen LogP contribution in [0.3, 0.4) is 0 Å². The van der Waals surface area contributed by atoms with Gasteiger partial charge in [-0.25, -0.2) is 4.68 Å². The standard InChI is InChI=1S/C22H30N6O3/c1-2-31-19-8-9-20-16(13-19)12-17(22(30)23-20)14-27(10-5-11-29)15-21-24-25-26-28(21)18-6-3-4-7-18/h8-9,12-13,18,29H,2-7,10-11,14-15H2,1H3,(H,23,30)/p+1. The zero-order valence-corrected chi connectivity index (χ0v) is 18.0. The Bertz CT molecular complexity index is 1060. The van der Waals surface area contributed by atoms with Crippen molar-refractivity contribution in [2.24, 2.45) is 0 Å². The summed E-state index contributed by atoms with van der Waals surface area (Å²) < 4.78 is 7.56. The second-order valence-electron chi connectivity index (χ2n) is 8.21. The number of aliphatic hydroxyl groups is 1. The molecule has 0 radical (unpaired) electrons. The van der Waals surface area contributed by atoms with E-state index < -0.39 is 0 Å². The summed E-state index contributed by atoms with van der Waals surface area (Å²) in [6.45, 7) is 4.52. The number of fused-ring (bicyclic) bond motifs is 1. The van der Waals surface area contributed by atoms with Gasteiger partial charge in [0, 0.05) is 23.9 Å². The Labute approximate surface area is 181 Å². The number of aliphatic hydroxyl groups excluding tert-OH is 1. The van der Waals surface area contributed by atoms with Gasteiger partial charge in [0.05, 0.1) is 24.8 Å². The lowest BCUT2D eigenvalue weighted by molar-refractivity contribution is -0.928. The van der Waals surface area contributed by atoms with Crippen LogP contribution in [0.2, 0.25) is 0 Å². The van der Waals surface area contributed by atoms with Crippen LogP contribution in [-0.4, -0.2) is 50.1 Å². The number of H-pyrrole nitrogens is 1. The van der Waals surface area contributed by atoms with E-state index in [-0.39, 0.29) is 12.2 Å². The number of nitrogens with zero attached hydrogens (tertiary/aromatic N) is 4. The van der Waals surface area contributed by atoms with Crippen LogP contribution in [0.4, 0.5) is 0 Å². The van der Waals surface area contributed by atoms with Crippen LogP contribution in [0.5, 0.6) is 5.75 Å². The van der Waals surface area contributed by atoms with E-state index in [0.29, 0.717) is 37.7 Å². The van der Waals surface area contributed by atoms with Crippen molar-refractivity contribution in [2.45, 2.75) is 58.2 Å². The molecule has 0 amide bonds. The van der Waals surface area contributed by atoms with E-state index in [1.54, 1.807) is 0 Å². The first kappa shape index (κ1) is 21.5. The number of pyridine rings is 1. The van der Waals surface area contributed by atoms with Crippen LogP contribution >= 0.6 is 0 Å². The van der Waals surface area contributed by atoms with Crippen molar-refractivity contribution < 1.29 is 14.7 Å². The minimum absolute atomic E-state index is 0.0893. The lowest BCUT2D eigenvalue weighted by Crippen LogP contribution is -3.09. The highest BCUT2D eigenvalue weighted by Crippen LogP contribution is 2.28. The third-order valence-corrected chi connectivity index (χ3v) is 5.97. The van der Waals surface area contributed by atoms with Gasteiger partial charge < -0.3 is 19.7 Å². The summed E-state index contributed by atoms with van der Waals surface area (Å²) in [5, 5.41) is 22.7. The summed E-state index contributed by atoms with van der Waals surface area (Å²) in [5.74, 6) is 1.63. The Kier molecular flexibility index (Phi) is 6.93. The molecule has 0 bridgehead atoms. The number of hydrogen-bond donors (Lipinski definition) is 3. The molecular formula is C22H31N6O3+. The molecule has 3 aromatic rings. The van der Waals surface area contributed by atoms with E-state index in [1.165, 1.54) is 12.8 Å². The lowest BCUT2D eigenvalue weighted by atomic mass is 10.1. The van der Waals surface area contributed by atoms with E-state index in [4.69, 9.17) is 4.74 Å². The highest BCUT2D eigenvalue weighted by Gasteiger charge is 2.24. The lowest BCUT2D eigenvalue weighted by Gasteiger charge is -2.20. The zero-order chi connectivity index (χ0) is 21.6. The average molecular weight is 428 g/mol. The molecule has 1 saturated carbocycles. The number of rotatable bonds is 10. The molecule has 2 aromatic heterocycles. The Morgan fingerprint density at radius 3 is 2.87 bits per heavy atom. The highest BCUT2D eigenvalue weighted by atomic mass is 16.5. The molecule has 9 heteroatoms. The summed E-state index contributed by atoms with van der Waals surface area (Å²) in [7, 11) is 0. The molecule has 9 nitrogen and oxygen atoms in total. The predicted octanol–water partition coefficient (Wildman–Crippen LogP) is 0.996. The molecule has 31 heavy (non-hydrogen) atoms. The van der Waals surface area contributed by atoms with Crippen LogP contribution in [0.1, 0.15) is 56.5 Å². The van der Waals surface area contributed by atoms with Crippen molar-refractivity contribution in [3.8, 4) is 5.75 Å². The van der Waals surface area contributed by atoms with Gasteiger partial charge in [-0.2, -0.15) is 0 Å². The average Bonchev–Trinajstić information content (AvgIpc) is 3.44. The first-order chi connectivity index (χ1) is 15.2. The van der Waals surface area contributed by atoms with Gasteiger partial charge in [0.15, 0.2) is 0 Å². The van der Waals surface area contributed by atoms with E-state index in [9.17, 15) is 9.90 Å². The fraction of sp³-hybridized carbons (Fsp3) is 0.545. The Balaban J connectivity index is 1.57. The summed E-state index contributed by atoms with van der Waals surface area (Å²) in [4.78, 5) is 16.9. The number of tetrazole rings is 1. The summed E-state index contributed by atoms with van der Waals surface area (Å²) >= 11 is 0. The molecule has 2 heterocycles. The van der Waals surface area contributed by atoms with Crippen molar-refractivity contribution in [3.63, 3.8) is 0 Å². The van der Waals surface area contributed by atoms with Gasteiger partial charge in [-0.15, -0.1) is 5.10 Å². The largest absolute Gasteiger partial charge is 0.494 e. The maximum atomic E-state index is 12.7. The molecule has 1 aromatic carbocycles. The minimum Gasteiger partial charge on any atom is -0.494 e. The van der Waals surface area contributed by atoms with Gasteiger partial charge in [0.1, 0.15) is 18.8 Å². The Morgan fingerprint density at radius 1 is 1.26 bits per heavy atom. The molecule has 0 spiro atoms. The van der Waals surface area contributed by atoms with Gasteiger partial charge >= 0.3 is 0 Å². The highest BCUT2D eigenvalue weighted by molar-refractivity contribution is 5.80. The molecule has 0 aliphatic heterocycles. The molecule has 1 aliphatic rings. The van der Waals surface area contributed by atoms with Crippen molar-refractivity contribution in [2.75, 3.05) is 19.8 Å². The maximum Gasteiger partial charge on any atom is 0.257 e. The fourth-order valence-corrected chi connectivity index (χ4v) is 4.44. The molecule has 3 N–H and O–H groups in total. The van der Waals surface area contributed by atoms with E-state index in [0.717, 1.165) is 46.8 Å². The summed E-state index contributed by atoms with van der Waals surface area (Å²) in [5.41, 5.74) is 1.40. The number of nitrogens with one attached hydrogen (secondary N) is 2. The normalized spacial score (nSPS) is 15.5. The third-order valence-electron chi connectivity index (χ3n) is 5.97. The maximum absolute atomic E-state index is 12.7. The van der Waals surface area contributed by atoms with Crippen LogP contribution in [-0.2, 0) is 13.1 Å². The molecular weight excluding hydrogens is 396 g/mol. The predicted molar refractivity (Wildman–Crippen MR) is 116 cm³/mol. The van der Waals surface area contributed by atoms with Crippen LogP contribution in [0, 0.1) is 0 Å². The van der Waals surface area contributed by atoms with Crippen molar-refractivity contribution in [1.82, 2.24) is 25.2 Å². The molecule has 0 saturated heterocycles. The number of hydrogen-bond acceptors (Lipinski definition) is 6. The van der Waals surface area contributed by atoms with Gasteiger partial charge in [-0.3, -0.25) is 4.79 Å². The topological polar surface area (TPSA) is 110 Å². The third kappa shape index (κ3) is 5.11. The SMILES string of the molecule is CCOc1ccc2[nH]c(=O)c(C[NH+](CCCO)Cc3nnnn3C3CCCC3)cc2c1. The van der Waals surface area contributed by atoms with Crippen LogP contribution in [0.15, 0.2) is 29.1 Å². The molecule has 1 aliphatic carbocycles. The van der Waals surface area contributed by atoms with Gasteiger partial charge in [-0.05, 0) is 54.5 Å². The number of ether oxygens (including phenoxy) is 1. The second-order valence-corrected chi connectivity index (χ2v) is 8.21. The molecule has 166 valence electrons. The summed E-state index contributed by atoms with van der Waals surface area (Å²) in [6, 6.07) is 7.99. The Hall–Kier alpha value is -2.78. The number of benzene rings is 1.